The maximum Gasteiger partial charge on any atom is 0.269 e. The molecule has 1 aromatic heterocycles. The van der Waals surface area contributed by atoms with Crippen molar-refractivity contribution in [1.29, 1.82) is 0 Å². The van der Waals surface area contributed by atoms with Crippen LogP contribution in [-0.2, 0) is 6.42 Å². The summed E-state index contributed by atoms with van der Waals surface area (Å²) in [5.74, 6) is 0.543. The van der Waals surface area contributed by atoms with Crippen LogP contribution in [0.1, 0.15) is 22.3 Å². The van der Waals surface area contributed by atoms with Crippen LogP contribution >= 0.6 is 23.1 Å². The minimum Gasteiger partial charge on any atom is -0.296 e. The molecule has 0 aliphatic rings. The van der Waals surface area contributed by atoms with Crippen LogP contribution in [0.4, 0.5) is 10.8 Å². The normalized spacial score (nSPS) is 10.5. The molecule has 0 radical (unpaired) electrons. The van der Waals surface area contributed by atoms with E-state index in [1.807, 2.05) is 18.2 Å². The van der Waals surface area contributed by atoms with E-state index in [9.17, 15) is 14.9 Å². The number of carbonyl (C=O) groups is 1. The molecule has 0 aliphatic heterocycles. The predicted molar refractivity (Wildman–Crippen MR) is 106 cm³/mol. The van der Waals surface area contributed by atoms with Gasteiger partial charge in [0.05, 0.1) is 4.92 Å². The van der Waals surface area contributed by atoms with Crippen LogP contribution < -0.4 is 5.32 Å². The van der Waals surface area contributed by atoms with Crippen molar-refractivity contribution in [3.63, 3.8) is 0 Å². The molecule has 1 heterocycles. The maximum absolute atomic E-state index is 12.2. The SMILES string of the molecule is O=C(Nc1nnc(SCCCc2ccccc2)s1)c1ccc([N+](=O)[O-])cc1. The molecule has 2 aromatic carbocycles. The molecular weight excluding hydrogens is 384 g/mol. The van der Waals surface area contributed by atoms with Gasteiger partial charge in [0.2, 0.25) is 5.13 Å². The molecular formula is C18H16N4O3S2. The average Bonchev–Trinajstić information content (AvgIpc) is 3.13. The summed E-state index contributed by atoms with van der Waals surface area (Å²) in [6, 6.07) is 15.7. The lowest BCUT2D eigenvalue weighted by Gasteiger charge is -2.00. The van der Waals surface area contributed by atoms with E-state index in [-0.39, 0.29) is 11.6 Å². The van der Waals surface area contributed by atoms with Crippen molar-refractivity contribution in [3.8, 4) is 0 Å². The minimum absolute atomic E-state index is 0.0587. The Hall–Kier alpha value is -2.78. The van der Waals surface area contributed by atoms with Crippen molar-refractivity contribution in [2.45, 2.75) is 17.2 Å². The zero-order valence-electron chi connectivity index (χ0n) is 14.2. The quantitative estimate of drug-likeness (QED) is 0.198. The minimum atomic E-state index is -0.506. The van der Waals surface area contributed by atoms with Crippen LogP contribution in [0.25, 0.3) is 0 Å². The zero-order chi connectivity index (χ0) is 19.1. The molecule has 0 saturated carbocycles. The van der Waals surface area contributed by atoms with Gasteiger partial charge in [0.25, 0.3) is 11.6 Å². The third-order valence-electron chi connectivity index (χ3n) is 3.65. The topological polar surface area (TPSA) is 98.0 Å². The number of aryl methyl sites for hydroxylation is 1. The van der Waals surface area contributed by atoms with Crippen molar-refractivity contribution in [3.05, 3.63) is 75.8 Å². The van der Waals surface area contributed by atoms with Crippen LogP contribution in [-0.4, -0.2) is 26.8 Å². The smallest absolute Gasteiger partial charge is 0.269 e. The lowest BCUT2D eigenvalue weighted by molar-refractivity contribution is -0.384. The number of nitro benzene ring substituents is 1. The Bertz CT molecular complexity index is 914. The number of hydrogen-bond acceptors (Lipinski definition) is 7. The number of nitrogens with one attached hydrogen (secondary N) is 1. The van der Waals surface area contributed by atoms with Gasteiger partial charge < -0.3 is 0 Å². The van der Waals surface area contributed by atoms with E-state index < -0.39 is 4.92 Å². The molecule has 0 spiro atoms. The molecule has 0 atom stereocenters. The fourth-order valence-corrected chi connectivity index (χ4v) is 4.06. The Morgan fingerprint density at radius 3 is 2.56 bits per heavy atom. The summed E-state index contributed by atoms with van der Waals surface area (Å²) in [5, 5.41) is 21.8. The second kappa shape index (κ2) is 9.24. The highest BCUT2D eigenvalue weighted by Gasteiger charge is 2.12. The number of hydrogen-bond donors (Lipinski definition) is 1. The number of carbonyl (C=O) groups excluding carboxylic acids is 1. The van der Waals surface area contributed by atoms with Gasteiger partial charge in [-0.05, 0) is 30.5 Å². The lowest BCUT2D eigenvalue weighted by Crippen LogP contribution is -2.11. The van der Waals surface area contributed by atoms with Gasteiger partial charge in [0.15, 0.2) is 4.34 Å². The van der Waals surface area contributed by atoms with Gasteiger partial charge in [0, 0.05) is 23.4 Å². The molecule has 9 heteroatoms. The van der Waals surface area contributed by atoms with E-state index in [1.54, 1.807) is 11.8 Å². The van der Waals surface area contributed by atoms with Crippen molar-refractivity contribution in [2.75, 3.05) is 11.1 Å². The summed E-state index contributed by atoms with van der Waals surface area (Å²) < 4.78 is 0.794. The van der Waals surface area contributed by atoms with Gasteiger partial charge in [-0.15, -0.1) is 10.2 Å². The van der Waals surface area contributed by atoms with E-state index in [0.29, 0.717) is 10.7 Å². The highest BCUT2D eigenvalue weighted by molar-refractivity contribution is 8.01. The maximum atomic E-state index is 12.2. The number of rotatable bonds is 8. The Morgan fingerprint density at radius 1 is 1.11 bits per heavy atom. The van der Waals surface area contributed by atoms with Crippen molar-refractivity contribution in [1.82, 2.24) is 10.2 Å². The molecule has 7 nitrogen and oxygen atoms in total. The van der Waals surface area contributed by atoms with Crippen LogP contribution in [0.3, 0.4) is 0 Å². The van der Waals surface area contributed by atoms with Gasteiger partial charge in [-0.25, -0.2) is 0 Å². The highest BCUT2D eigenvalue weighted by atomic mass is 32.2. The Kier molecular flexibility index (Phi) is 6.50. The number of anilines is 1. The number of aromatic nitrogens is 2. The van der Waals surface area contributed by atoms with Crippen molar-refractivity contribution in [2.24, 2.45) is 0 Å². The molecule has 3 aromatic rings. The Morgan fingerprint density at radius 2 is 1.85 bits per heavy atom. The molecule has 138 valence electrons. The number of non-ortho nitro benzene ring substituents is 1. The van der Waals surface area contributed by atoms with E-state index in [2.05, 4.69) is 27.6 Å². The third kappa shape index (κ3) is 5.60. The van der Waals surface area contributed by atoms with Gasteiger partial charge in [-0.1, -0.05) is 53.4 Å². The summed E-state index contributed by atoms with van der Waals surface area (Å²) in [4.78, 5) is 22.3. The Labute approximate surface area is 164 Å². The third-order valence-corrected chi connectivity index (χ3v) is 5.70. The summed E-state index contributed by atoms with van der Waals surface area (Å²) >= 11 is 2.92. The Balaban J connectivity index is 1.47. The number of benzene rings is 2. The molecule has 1 N–H and O–H groups in total. The molecule has 0 unspecified atom stereocenters. The van der Waals surface area contributed by atoms with E-state index in [0.717, 1.165) is 22.9 Å². The lowest BCUT2D eigenvalue weighted by atomic mass is 10.1. The van der Waals surface area contributed by atoms with Gasteiger partial charge >= 0.3 is 0 Å². The first-order valence-corrected chi connectivity index (χ1v) is 9.98. The molecule has 0 aliphatic carbocycles. The van der Waals surface area contributed by atoms with Gasteiger partial charge in [-0.2, -0.15) is 0 Å². The summed E-state index contributed by atoms with van der Waals surface area (Å²) in [6.07, 6.45) is 2.04. The van der Waals surface area contributed by atoms with Gasteiger partial charge in [-0.3, -0.25) is 20.2 Å². The first-order valence-electron chi connectivity index (χ1n) is 8.18. The van der Waals surface area contributed by atoms with E-state index in [4.69, 9.17) is 0 Å². The second-order valence-corrected chi connectivity index (χ2v) is 7.89. The standard InChI is InChI=1S/C18H16N4O3S2/c23-16(14-8-10-15(11-9-14)22(24)25)19-17-20-21-18(27-17)26-12-4-7-13-5-2-1-3-6-13/h1-3,5-6,8-11H,4,7,12H2,(H,19,20,23). The van der Waals surface area contributed by atoms with Gasteiger partial charge in [0.1, 0.15) is 0 Å². The molecule has 1 amide bonds. The molecule has 3 rings (SSSR count). The summed E-state index contributed by atoms with van der Waals surface area (Å²) in [5.41, 5.74) is 1.58. The molecule has 0 saturated heterocycles. The number of thioether (sulfide) groups is 1. The largest absolute Gasteiger partial charge is 0.296 e. The first kappa shape index (κ1) is 19.0. The highest BCUT2D eigenvalue weighted by Crippen LogP contribution is 2.26. The van der Waals surface area contributed by atoms with E-state index >= 15 is 0 Å². The molecule has 0 bridgehead atoms. The first-order chi connectivity index (χ1) is 13.1. The molecule has 0 fully saturated rings. The van der Waals surface area contributed by atoms with Crippen molar-refractivity contribution >= 4 is 39.8 Å². The zero-order valence-corrected chi connectivity index (χ0v) is 15.8. The van der Waals surface area contributed by atoms with Crippen LogP contribution in [0, 0.1) is 10.1 Å². The fourth-order valence-electron chi connectivity index (χ4n) is 2.30. The number of nitrogens with zero attached hydrogens (tertiary/aromatic N) is 3. The average molecular weight is 400 g/mol. The van der Waals surface area contributed by atoms with Crippen LogP contribution in [0.2, 0.25) is 0 Å². The summed E-state index contributed by atoms with van der Waals surface area (Å²) in [7, 11) is 0. The monoisotopic (exact) mass is 400 g/mol. The number of amides is 1. The van der Waals surface area contributed by atoms with Crippen molar-refractivity contribution < 1.29 is 9.72 Å². The van der Waals surface area contributed by atoms with Crippen LogP contribution in [0.5, 0.6) is 0 Å². The predicted octanol–water partition coefficient (Wildman–Crippen LogP) is 4.42. The van der Waals surface area contributed by atoms with E-state index in [1.165, 1.54) is 41.2 Å². The molecule has 27 heavy (non-hydrogen) atoms. The fraction of sp³-hybridized carbons (Fsp3) is 0.167. The second-order valence-electron chi connectivity index (χ2n) is 5.57. The van der Waals surface area contributed by atoms with Crippen LogP contribution in [0.15, 0.2) is 58.9 Å². The summed E-state index contributed by atoms with van der Waals surface area (Å²) in [6.45, 7) is 0. The number of nitro groups is 1.